The molecule has 0 spiro atoms. The van der Waals surface area contributed by atoms with E-state index in [4.69, 9.17) is 9.47 Å². The molecule has 7 nitrogen and oxygen atoms in total. The molecule has 0 unspecified atom stereocenters. The normalized spacial score (nSPS) is 18.6. The van der Waals surface area contributed by atoms with Crippen molar-refractivity contribution in [1.29, 1.82) is 0 Å². The Morgan fingerprint density at radius 2 is 2.04 bits per heavy atom. The van der Waals surface area contributed by atoms with Crippen molar-refractivity contribution in [3.8, 4) is 11.5 Å². The lowest BCUT2D eigenvalue weighted by atomic mass is 9.90. The fourth-order valence-corrected chi connectivity index (χ4v) is 3.70. The van der Waals surface area contributed by atoms with Gasteiger partial charge in [-0.1, -0.05) is 6.07 Å². The second-order valence-electron chi connectivity index (χ2n) is 6.80. The smallest absolute Gasteiger partial charge is 0.257 e. The number of carbonyl (C=O) groups is 1. The van der Waals surface area contributed by atoms with Gasteiger partial charge >= 0.3 is 0 Å². The molecule has 1 N–H and O–H groups in total. The second kappa shape index (κ2) is 6.99. The summed E-state index contributed by atoms with van der Waals surface area (Å²) >= 11 is 0. The molecule has 1 aromatic heterocycles. The van der Waals surface area contributed by atoms with Crippen LogP contribution in [-0.4, -0.2) is 51.8 Å². The summed E-state index contributed by atoms with van der Waals surface area (Å²) in [5, 5.41) is 10.6. The highest BCUT2D eigenvalue weighted by Crippen LogP contribution is 2.36. The number of amides is 1. The minimum atomic E-state index is -0.603. The van der Waals surface area contributed by atoms with Gasteiger partial charge < -0.3 is 24.0 Å². The van der Waals surface area contributed by atoms with E-state index in [0.717, 1.165) is 12.8 Å². The molecule has 26 heavy (non-hydrogen) atoms. The number of fused-ring (bicyclic) bond motifs is 1. The van der Waals surface area contributed by atoms with E-state index < -0.39 is 6.10 Å². The quantitative estimate of drug-likeness (QED) is 0.906. The van der Waals surface area contributed by atoms with E-state index >= 15 is 0 Å². The number of benzene rings is 1. The topological polar surface area (TPSA) is 76.8 Å². The standard InChI is InChI=1S/C19H23N3O4/c1-21-10-7-20-18(21)16(23)13-5-8-22(9-6-13)19(24)14-3-2-4-15-17(14)26-12-11-25-15/h2-4,7,10,13,16,23H,5-6,8-9,11-12H2,1H3/t16-/m1/s1. The van der Waals surface area contributed by atoms with Crippen LogP contribution in [0.15, 0.2) is 30.6 Å². The summed E-state index contributed by atoms with van der Waals surface area (Å²) in [5.74, 6) is 1.90. The summed E-state index contributed by atoms with van der Waals surface area (Å²) in [4.78, 5) is 19.0. The van der Waals surface area contributed by atoms with Crippen molar-refractivity contribution in [2.24, 2.45) is 13.0 Å². The maximum absolute atomic E-state index is 12.9. The zero-order chi connectivity index (χ0) is 18.1. The van der Waals surface area contributed by atoms with Crippen molar-refractivity contribution < 1.29 is 19.4 Å². The molecule has 2 aromatic rings. The molecule has 1 amide bonds. The molecule has 0 radical (unpaired) electrons. The van der Waals surface area contributed by atoms with Crippen LogP contribution in [0.2, 0.25) is 0 Å². The average Bonchev–Trinajstić information content (AvgIpc) is 3.12. The number of hydrogen-bond donors (Lipinski definition) is 1. The van der Waals surface area contributed by atoms with Gasteiger partial charge in [0.15, 0.2) is 11.5 Å². The Kier molecular flexibility index (Phi) is 4.55. The highest BCUT2D eigenvalue weighted by Gasteiger charge is 2.32. The number of aliphatic hydroxyl groups excluding tert-OH is 1. The summed E-state index contributed by atoms with van der Waals surface area (Å²) in [6.07, 6.45) is 4.40. The third-order valence-electron chi connectivity index (χ3n) is 5.19. The number of imidazole rings is 1. The van der Waals surface area contributed by atoms with E-state index in [2.05, 4.69) is 4.98 Å². The van der Waals surface area contributed by atoms with Gasteiger partial charge in [0.1, 0.15) is 25.1 Å². The van der Waals surface area contributed by atoms with E-state index in [1.165, 1.54) is 0 Å². The van der Waals surface area contributed by atoms with Crippen molar-refractivity contribution in [3.05, 3.63) is 42.0 Å². The molecule has 2 aliphatic rings. The Morgan fingerprint density at radius 3 is 2.77 bits per heavy atom. The molecule has 4 rings (SSSR count). The molecule has 0 saturated carbocycles. The lowest BCUT2D eigenvalue weighted by molar-refractivity contribution is 0.0416. The zero-order valence-corrected chi connectivity index (χ0v) is 14.8. The Morgan fingerprint density at radius 1 is 1.27 bits per heavy atom. The van der Waals surface area contributed by atoms with Crippen LogP contribution >= 0.6 is 0 Å². The van der Waals surface area contributed by atoms with Gasteiger partial charge in [-0.2, -0.15) is 0 Å². The fourth-order valence-electron chi connectivity index (χ4n) is 3.70. The SMILES string of the molecule is Cn1ccnc1[C@H](O)C1CCN(C(=O)c2cccc3c2OCCO3)CC1. The fraction of sp³-hybridized carbons (Fsp3) is 0.474. The Hall–Kier alpha value is -2.54. The van der Waals surface area contributed by atoms with Crippen LogP contribution in [0.25, 0.3) is 0 Å². The Balaban J connectivity index is 1.44. The predicted molar refractivity (Wildman–Crippen MR) is 94.2 cm³/mol. The molecule has 7 heteroatoms. The molecule has 1 aromatic carbocycles. The summed E-state index contributed by atoms with van der Waals surface area (Å²) in [6, 6.07) is 5.42. The number of rotatable bonds is 3. The number of carbonyl (C=O) groups excluding carboxylic acids is 1. The van der Waals surface area contributed by atoms with E-state index in [-0.39, 0.29) is 11.8 Å². The van der Waals surface area contributed by atoms with Crippen LogP contribution in [0, 0.1) is 5.92 Å². The van der Waals surface area contributed by atoms with Crippen LogP contribution < -0.4 is 9.47 Å². The van der Waals surface area contributed by atoms with Gasteiger partial charge in [0.2, 0.25) is 0 Å². The zero-order valence-electron chi connectivity index (χ0n) is 14.8. The van der Waals surface area contributed by atoms with Gasteiger partial charge in [-0.05, 0) is 30.9 Å². The molecule has 138 valence electrons. The maximum Gasteiger partial charge on any atom is 0.257 e. The first-order valence-corrected chi connectivity index (χ1v) is 8.98. The Bertz CT molecular complexity index is 796. The number of piperidine rings is 1. The van der Waals surface area contributed by atoms with Gasteiger partial charge in [0.05, 0.1) is 5.56 Å². The van der Waals surface area contributed by atoms with Crippen molar-refractivity contribution in [3.63, 3.8) is 0 Å². The van der Waals surface area contributed by atoms with Gasteiger partial charge in [0, 0.05) is 32.5 Å². The third kappa shape index (κ3) is 3.03. The van der Waals surface area contributed by atoms with E-state index in [9.17, 15) is 9.90 Å². The van der Waals surface area contributed by atoms with Crippen LogP contribution in [0.1, 0.15) is 35.1 Å². The number of para-hydroxylation sites is 1. The van der Waals surface area contributed by atoms with Gasteiger partial charge in [-0.25, -0.2) is 4.98 Å². The Labute approximate surface area is 152 Å². The van der Waals surface area contributed by atoms with E-state index in [1.54, 1.807) is 12.3 Å². The van der Waals surface area contributed by atoms with Crippen LogP contribution in [0.5, 0.6) is 11.5 Å². The number of likely N-dealkylation sites (tertiary alicyclic amines) is 1. The molecule has 0 aliphatic carbocycles. The van der Waals surface area contributed by atoms with Gasteiger partial charge in [-0.15, -0.1) is 0 Å². The predicted octanol–water partition coefficient (Wildman–Crippen LogP) is 1.78. The third-order valence-corrected chi connectivity index (χ3v) is 5.19. The highest BCUT2D eigenvalue weighted by atomic mass is 16.6. The molecular formula is C19H23N3O4. The lowest BCUT2D eigenvalue weighted by Gasteiger charge is -2.34. The minimum Gasteiger partial charge on any atom is -0.486 e. The molecule has 2 aliphatic heterocycles. The monoisotopic (exact) mass is 357 g/mol. The first-order valence-electron chi connectivity index (χ1n) is 8.98. The largest absolute Gasteiger partial charge is 0.486 e. The molecular weight excluding hydrogens is 334 g/mol. The molecule has 1 fully saturated rings. The first-order chi connectivity index (χ1) is 12.6. The molecule has 1 atom stereocenters. The number of ether oxygens (including phenoxy) is 2. The lowest BCUT2D eigenvalue weighted by Crippen LogP contribution is -2.40. The van der Waals surface area contributed by atoms with E-state index in [1.807, 2.05) is 34.8 Å². The average molecular weight is 357 g/mol. The van der Waals surface area contributed by atoms with Crippen molar-refractivity contribution in [2.45, 2.75) is 18.9 Å². The number of aromatic nitrogens is 2. The number of aliphatic hydroxyl groups is 1. The highest BCUT2D eigenvalue weighted by molar-refractivity contribution is 5.98. The van der Waals surface area contributed by atoms with Gasteiger partial charge in [0.25, 0.3) is 5.91 Å². The van der Waals surface area contributed by atoms with Crippen molar-refractivity contribution >= 4 is 5.91 Å². The minimum absolute atomic E-state index is 0.0442. The number of nitrogens with zero attached hydrogens (tertiary/aromatic N) is 3. The van der Waals surface area contributed by atoms with Gasteiger partial charge in [-0.3, -0.25) is 4.79 Å². The van der Waals surface area contributed by atoms with E-state index in [0.29, 0.717) is 49.2 Å². The van der Waals surface area contributed by atoms with Crippen LogP contribution in [-0.2, 0) is 7.05 Å². The number of hydrogen-bond acceptors (Lipinski definition) is 5. The summed E-state index contributed by atoms with van der Waals surface area (Å²) in [6.45, 7) is 2.17. The second-order valence-corrected chi connectivity index (χ2v) is 6.80. The number of aryl methyl sites for hydroxylation is 1. The molecule has 0 bridgehead atoms. The maximum atomic E-state index is 12.9. The van der Waals surface area contributed by atoms with Crippen LogP contribution in [0.4, 0.5) is 0 Å². The first kappa shape index (κ1) is 16.9. The molecule has 3 heterocycles. The van der Waals surface area contributed by atoms with Crippen molar-refractivity contribution in [1.82, 2.24) is 14.5 Å². The summed E-state index contributed by atoms with van der Waals surface area (Å²) < 4.78 is 13.1. The van der Waals surface area contributed by atoms with Crippen LogP contribution in [0.3, 0.4) is 0 Å². The summed E-state index contributed by atoms with van der Waals surface area (Å²) in [5.41, 5.74) is 0.547. The molecule has 1 saturated heterocycles. The van der Waals surface area contributed by atoms with Crippen molar-refractivity contribution in [2.75, 3.05) is 26.3 Å². The summed E-state index contributed by atoms with van der Waals surface area (Å²) in [7, 11) is 1.88.